The lowest BCUT2D eigenvalue weighted by molar-refractivity contribution is -0.123. The largest absolute Gasteiger partial charge is 0.441 e. The number of rotatable bonds is 3. The molecule has 0 aliphatic carbocycles. The minimum atomic E-state index is 0.0478. The van der Waals surface area contributed by atoms with E-state index in [2.05, 4.69) is 33.9 Å². The predicted octanol–water partition coefficient (Wildman–Crippen LogP) is 3.37. The lowest BCUT2D eigenvalue weighted by Gasteiger charge is -2.40. The van der Waals surface area contributed by atoms with Crippen molar-refractivity contribution >= 4 is 30.9 Å². The van der Waals surface area contributed by atoms with Gasteiger partial charge < -0.3 is 19.1 Å². The van der Waals surface area contributed by atoms with E-state index < -0.39 is 0 Å². The molecule has 0 spiro atoms. The Kier molecular flexibility index (Phi) is 4.76. The number of hydrogen-bond donors (Lipinski definition) is 0. The fraction of sp³-hybridized carbons (Fsp3) is 0.364. The highest BCUT2D eigenvalue weighted by Crippen LogP contribution is 2.45. The molecular formula is C22H25N4O2P. The highest BCUT2D eigenvalue weighted by atomic mass is 31.1. The van der Waals surface area contributed by atoms with Crippen LogP contribution in [0.5, 0.6) is 0 Å². The number of allylic oxidation sites excluding steroid dienone is 1. The molecule has 1 fully saturated rings. The van der Waals surface area contributed by atoms with E-state index in [1.807, 2.05) is 36.2 Å². The van der Waals surface area contributed by atoms with Crippen LogP contribution in [0.2, 0.25) is 0 Å². The van der Waals surface area contributed by atoms with Gasteiger partial charge in [0, 0.05) is 45.4 Å². The monoisotopic (exact) mass is 408 g/mol. The zero-order valence-electron chi connectivity index (χ0n) is 16.8. The first-order valence-electron chi connectivity index (χ1n) is 10.2. The van der Waals surface area contributed by atoms with Crippen molar-refractivity contribution in [1.29, 1.82) is 0 Å². The van der Waals surface area contributed by atoms with Crippen molar-refractivity contribution in [3.63, 3.8) is 0 Å². The molecule has 5 rings (SSSR count). The molecule has 1 amide bonds. The SMILES string of the molecule is CCN1CCN(C2=CN3C(=O)C=C(c4ccc5nc(C)oc5c4)PC3C=C2)CC1. The molecule has 0 N–H and O–H groups in total. The summed E-state index contributed by atoms with van der Waals surface area (Å²) in [7, 11) is 0.504. The molecule has 1 saturated heterocycles. The van der Waals surface area contributed by atoms with Crippen molar-refractivity contribution in [2.75, 3.05) is 32.7 Å². The van der Waals surface area contributed by atoms with Crippen LogP contribution in [0, 0.1) is 6.92 Å². The van der Waals surface area contributed by atoms with Gasteiger partial charge in [0.2, 0.25) is 0 Å². The number of amides is 1. The first-order chi connectivity index (χ1) is 14.1. The van der Waals surface area contributed by atoms with Gasteiger partial charge >= 0.3 is 0 Å². The number of carbonyl (C=O) groups is 1. The molecule has 1 aromatic heterocycles. The Hall–Kier alpha value is -2.43. The number of fused-ring (bicyclic) bond motifs is 2. The summed E-state index contributed by atoms with van der Waals surface area (Å²) in [6, 6.07) is 6.00. The Bertz CT molecular complexity index is 1050. The molecule has 0 radical (unpaired) electrons. The maximum atomic E-state index is 12.9. The van der Waals surface area contributed by atoms with Gasteiger partial charge in [0.15, 0.2) is 11.5 Å². The Balaban J connectivity index is 1.37. The van der Waals surface area contributed by atoms with Crippen LogP contribution in [0.4, 0.5) is 0 Å². The lowest BCUT2D eigenvalue weighted by Crippen LogP contribution is -2.46. The normalized spacial score (nSPS) is 23.5. The summed E-state index contributed by atoms with van der Waals surface area (Å²) >= 11 is 0. The molecule has 0 saturated carbocycles. The number of hydrogen-bond acceptors (Lipinski definition) is 5. The van der Waals surface area contributed by atoms with E-state index >= 15 is 0 Å². The number of benzene rings is 1. The van der Waals surface area contributed by atoms with Crippen molar-refractivity contribution in [2.24, 2.45) is 0 Å². The van der Waals surface area contributed by atoms with Gasteiger partial charge in [-0.25, -0.2) is 4.98 Å². The van der Waals surface area contributed by atoms with Crippen LogP contribution in [-0.4, -0.2) is 64.1 Å². The molecule has 29 heavy (non-hydrogen) atoms. The lowest BCUT2D eigenvalue weighted by atomic mass is 10.1. The maximum absolute atomic E-state index is 12.9. The van der Waals surface area contributed by atoms with Gasteiger partial charge in [0.05, 0.1) is 11.5 Å². The summed E-state index contributed by atoms with van der Waals surface area (Å²) in [5, 5.41) is 1.07. The number of likely N-dealkylation sites (N-methyl/N-ethyl adjacent to an activating group) is 1. The van der Waals surface area contributed by atoms with Crippen molar-refractivity contribution in [3.8, 4) is 0 Å². The molecule has 1 aromatic carbocycles. The van der Waals surface area contributed by atoms with Crippen molar-refractivity contribution < 1.29 is 9.21 Å². The summed E-state index contributed by atoms with van der Waals surface area (Å²) < 4.78 is 5.67. The second-order valence-electron chi connectivity index (χ2n) is 7.64. The van der Waals surface area contributed by atoms with Crippen LogP contribution in [0.25, 0.3) is 16.4 Å². The number of nitrogens with zero attached hydrogens (tertiary/aromatic N) is 4. The first kappa shape index (κ1) is 18.6. The van der Waals surface area contributed by atoms with Gasteiger partial charge in [-0.3, -0.25) is 4.79 Å². The Morgan fingerprint density at radius 1 is 1.24 bits per heavy atom. The van der Waals surface area contributed by atoms with Crippen LogP contribution < -0.4 is 0 Å². The van der Waals surface area contributed by atoms with Crippen LogP contribution in [0.15, 0.2) is 52.7 Å². The Morgan fingerprint density at radius 2 is 2.07 bits per heavy atom. The van der Waals surface area contributed by atoms with Gasteiger partial charge in [-0.15, -0.1) is 0 Å². The molecule has 7 heteroatoms. The molecule has 0 bridgehead atoms. The average molecular weight is 408 g/mol. The van der Waals surface area contributed by atoms with E-state index in [0.29, 0.717) is 14.5 Å². The van der Waals surface area contributed by atoms with E-state index in [4.69, 9.17) is 4.42 Å². The molecule has 4 heterocycles. The second-order valence-corrected chi connectivity index (χ2v) is 9.06. The number of oxazole rings is 1. The van der Waals surface area contributed by atoms with Crippen LogP contribution in [0.1, 0.15) is 18.4 Å². The van der Waals surface area contributed by atoms with Crippen LogP contribution >= 0.6 is 8.58 Å². The fourth-order valence-corrected chi connectivity index (χ4v) is 5.53. The summed E-state index contributed by atoms with van der Waals surface area (Å²) in [5.74, 6) is 0.800. The third kappa shape index (κ3) is 3.52. The minimum Gasteiger partial charge on any atom is -0.441 e. The summed E-state index contributed by atoms with van der Waals surface area (Å²) in [6.45, 7) is 9.33. The van der Waals surface area contributed by atoms with Gasteiger partial charge in [-0.1, -0.05) is 27.6 Å². The van der Waals surface area contributed by atoms with Crippen molar-refractivity contribution in [3.05, 3.63) is 59.8 Å². The standard InChI is InChI=1S/C22H25N4O2P/c1-3-24-8-10-25(11-9-24)17-5-7-22-26(14-17)21(27)13-20(29-22)16-4-6-18-19(12-16)28-15(2)23-18/h4-7,12-14,22,29H,3,8-11H2,1-2H3. The van der Waals surface area contributed by atoms with E-state index in [9.17, 15) is 4.79 Å². The third-order valence-electron chi connectivity index (χ3n) is 5.84. The average Bonchev–Trinajstić information content (AvgIpc) is 3.12. The second kappa shape index (κ2) is 7.43. The summed E-state index contributed by atoms with van der Waals surface area (Å²) in [6.07, 6.45) is 8.19. The van der Waals surface area contributed by atoms with Gasteiger partial charge in [0.1, 0.15) is 5.52 Å². The molecule has 3 aliphatic heterocycles. The van der Waals surface area contributed by atoms with E-state index in [1.165, 1.54) is 0 Å². The maximum Gasteiger partial charge on any atom is 0.252 e. The van der Waals surface area contributed by atoms with E-state index in [-0.39, 0.29) is 11.7 Å². The highest BCUT2D eigenvalue weighted by Gasteiger charge is 2.30. The van der Waals surface area contributed by atoms with Gasteiger partial charge in [0.25, 0.3) is 5.91 Å². The Morgan fingerprint density at radius 3 is 2.86 bits per heavy atom. The topological polar surface area (TPSA) is 52.8 Å². The Labute approximate surface area is 172 Å². The number of aryl methyl sites for hydroxylation is 1. The molecule has 2 unspecified atom stereocenters. The van der Waals surface area contributed by atoms with Crippen molar-refractivity contribution in [2.45, 2.75) is 19.6 Å². The molecule has 150 valence electrons. The summed E-state index contributed by atoms with van der Waals surface area (Å²) in [5.41, 5.74) is 3.81. The molecule has 6 nitrogen and oxygen atoms in total. The minimum absolute atomic E-state index is 0.0478. The fourth-order valence-electron chi connectivity index (χ4n) is 4.15. The first-order valence-corrected chi connectivity index (χ1v) is 11.2. The number of piperazine rings is 1. The zero-order valence-corrected chi connectivity index (χ0v) is 17.8. The predicted molar refractivity (Wildman–Crippen MR) is 117 cm³/mol. The quantitative estimate of drug-likeness (QED) is 0.729. The molecule has 3 aliphatic rings. The van der Waals surface area contributed by atoms with Gasteiger partial charge in [-0.05, 0) is 35.6 Å². The zero-order chi connectivity index (χ0) is 20.0. The van der Waals surface area contributed by atoms with Crippen molar-refractivity contribution in [1.82, 2.24) is 19.7 Å². The molecular weight excluding hydrogens is 383 g/mol. The van der Waals surface area contributed by atoms with E-state index in [1.54, 1.807) is 6.08 Å². The molecule has 2 atom stereocenters. The van der Waals surface area contributed by atoms with Gasteiger partial charge in [-0.2, -0.15) is 0 Å². The van der Waals surface area contributed by atoms with Crippen LogP contribution in [-0.2, 0) is 4.79 Å². The smallest absolute Gasteiger partial charge is 0.252 e. The summed E-state index contributed by atoms with van der Waals surface area (Å²) in [4.78, 5) is 24.0. The highest BCUT2D eigenvalue weighted by molar-refractivity contribution is 7.51. The van der Waals surface area contributed by atoms with E-state index in [0.717, 1.165) is 60.4 Å². The molecule has 2 aromatic rings. The number of carbonyl (C=O) groups excluding carboxylic acids is 1. The number of aromatic nitrogens is 1. The van der Waals surface area contributed by atoms with Crippen LogP contribution in [0.3, 0.4) is 0 Å². The third-order valence-corrected chi connectivity index (χ3v) is 7.35.